The molecule has 26 heavy (non-hydrogen) atoms. The smallest absolute Gasteiger partial charge is 0.338 e. The van der Waals surface area contributed by atoms with E-state index in [-0.39, 0.29) is 12.5 Å². The standard InChI is InChI=1S/C20H17NO4S/c22-19(21-13-18-10-5-11-26-18)14-24-20(23)15-6-4-9-17(12-15)25-16-7-2-1-3-8-16/h1-12H,13-14H2,(H,21,22). The van der Waals surface area contributed by atoms with Crippen molar-refractivity contribution >= 4 is 23.2 Å². The van der Waals surface area contributed by atoms with Gasteiger partial charge in [0.1, 0.15) is 11.5 Å². The van der Waals surface area contributed by atoms with Gasteiger partial charge in [0.25, 0.3) is 5.91 Å². The third-order valence-electron chi connectivity index (χ3n) is 3.42. The van der Waals surface area contributed by atoms with Crippen LogP contribution in [0.15, 0.2) is 72.1 Å². The molecule has 3 aromatic rings. The summed E-state index contributed by atoms with van der Waals surface area (Å²) in [7, 11) is 0. The van der Waals surface area contributed by atoms with Crippen molar-refractivity contribution < 1.29 is 19.1 Å². The van der Waals surface area contributed by atoms with Crippen LogP contribution in [0.1, 0.15) is 15.2 Å². The summed E-state index contributed by atoms with van der Waals surface area (Å²) in [4.78, 5) is 24.9. The first-order valence-corrected chi connectivity index (χ1v) is 8.88. The van der Waals surface area contributed by atoms with Crippen LogP contribution in [0.4, 0.5) is 0 Å². The van der Waals surface area contributed by atoms with Crippen molar-refractivity contribution in [2.45, 2.75) is 6.54 Å². The van der Waals surface area contributed by atoms with Gasteiger partial charge in [0.2, 0.25) is 0 Å². The van der Waals surface area contributed by atoms with Crippen LogP contribution in [0.5, 0.6) is 11.5 Å². The zero-order chi connectivity index (χ0) is 18.2. The van der Waals surface area contributed by atoms with Crippen molar-refractivity contribution in [3.05, 3.63) is 82.6 Å². The molecule has 0 atom stereocenters. The summed E-state index contributed by atoms with van der Waals surface area (Å²) in [5, 5.41) is 4.64. The van der Waals surface area contributed by atoms with Crippen molar-refractivity contribution in [1.29, 1.82) is 0 Å². The first-order chi connectivity index (χ1) is 12.7. The van der Waals surface area contributed by atoms with Crippen LogP contribution in [0, 0.1) is 0 Å². The Balaban J connectivity index is 1.51. The van der Waals surface area contributed by atoms with Gasteiger partial charge in [-0.05, 0) is 41.8 Å². The quantitative estimate of drug-likeness (QED) is 0.641. The summed E-state index contributed by atoms with van der Waals surface area (Å²) >= 11 is 1.55. The van der Waals surface area contributed by atoms with Crippen molar-refractivity contribution in [2.75, 3.05) is 6.61 Å². The van der Waals surface area contributed by atoms with Crippen molar-refractivity contribution in [1.82, 2.24) is 5.32 Å². The van der Waals surface area contributed by atoms with Gasteiger partial charge in [0, 0.05) is 4.88 Å². The van der Waals surface area contributed by atoms with Crippen LogP contribution in [-0.4, -0.2) is 18.5 Å². The van der Waals surface area contributed by atoms with Gasteiger partial charge >= 0.3 is 5.97 Å². The SMILES string of the molecule is O=C(COC(=O)c1cccc(Oc2ccccc2)c1)NCc1cccs1. The molecule has 0 aliphatic rings. The van der Waals surface area contributed by atoms with Crippen molar-refractivity contribution in [2.24, 2.45) is 0 Å². The van der Waals surface area contributed by atoms with Crippen molar-refractivity contribution in [3.8, 4) is 11.5 Å². The molecule has 0 bridgehead atoms. The van der Waals surface area contributed by atoms with E-state index in [1.807, 2.05) is 47.8 Å². The molecule has 0 aliphatic carbocycles. The Morgan fingerprint density at radius 3 is 2.50 bits per heavy atom. The van der Waals surface area contributed by atoms with E-state index in [2.05, 4.69) is 5.32 Å². The van der Waals surface area contributed by atoms with E-state index in [0.29, 0.717) is 23.6 Å². The number of carbonyl (C=O) groups is 2. The molecule has 2 aromatic carbocycles. The molecule has 0 radical (unpaired) electrons. The predicted octanol–water partition coefficient (Wildman–Crippen LogP) is 4.01. The summed E-state index contributed by atoms with van der Waals surface area (Å²) in [5.74, 6) is 0.275. The van der Waals surface area contributed by atoms with Gasteiger partial charge in [-0.1, -0.05) is 30.3 Å². The summed E-state index contributed by atoms with van der Waals surface area (Å²) in [5.41, 5.74) is 0.324. The monoisotopic (exact) mass is 367 g/mol. The number of carbonyl (C=O) groups excluding carboxylic acids is 2. The number of hydrogen-bond donors (Lipinski definition) is 1. The average molecular weight is 367 g/mol. The number of rotatable bonds is 7. The lowest BCUT2D eigenvalue weighted by molar-refractivity contribution is -0.124. The van der Waals surface area contributed by atoms with E-state index in [9.17, 15) is 9.59 Å². The fourth-order valence-corrected chi connectivity index (χ4v) is 2.82. The fourth-order valence-electron chi connectivity index (χ4n) is 2.18. The maximum Gasteiger partial charge on any atom is 0.338 e. The number of nitrogens with one attached hydrogen (secondary N) is 1. The normalized spacial score (nSPS) is 10.2. The van der Waals surface area contributed by atoms with Crippen LogP contribution in [0.25, 0.3) is 0 Å². The van der Waals surface area contributed by atoms with Crippen LogP contribution < -0.4 is 10.1 Å². The third-order valence-corrected chi connectivity index (χ3v) is 4.30. The van der Waals surface area contributed by atoms with E-state index in [0.717, 1.165) is 4.88 Å². The Kier molecular flexibility index (Phi) is 6.01. The maximum atomic E-state index is 12.1. The minimum absolute atomic E-state index is 0.324. The van der Waals surface area contributed by atoms with Crippen LogP contribution in [0.3, 0.4) is 0 Å². The molecule has 6 heteroatoms. The molecular weight excluding hydrogens is 350 g/mol. The second-order valence-corrected chi connectivity index (χ2v) is 6.41. The predicted molar refractivity (Wildman–Crippen MR) is 99.4 cm³/mol. The largest absolute Gasteiger partial charge is 0.457 e. The molecular formula is C20H17NO4S. The molecule has 0 aliphatic heterocycles. The molecule has 3 rings (SSSR count). The molecule has 1 amide bonds. The summed E-state index contributed by atoms with van der Waals surface area (Å²) in [6.07, 6.45) is 0. The number of hydrogen-bond acceptors (Lipinski definition) is 5. The Morgan fingerprint density at radius 2 is 1.73 bits per heavy atom. The second kappa shape index (κ2) is 8.82. The summed E-state index contributed by atoms with van der Waals surface area (Å²) < 4.78 is 10.8. The molecule has 0 spiro atoms. The molecule has 1 heterocycles. The van der Waals surface area contributed by atoms with E-state index >= 15 is 0 Å². The molecule has 0 saturated heterocycles. The van der Waals surface area contributed by atoms with Crippen LogP contribution in [-0.2, 0) is 16.1 Å². The maximum absolute atomic E-state index is 12.1. The van der Waals surface area contributed by atoms with E-state index in [1.165, 1.54) is 0 Å². The number of amides is 1. The van der Waals surface area contributed by atoms with E-state index in [1.54, 1.807) is 35.6 Å². The van der Waals surface area contributed by atoms with Crippen molar-refractivity contribution in [3.63, 3.8) is 0 Å². The van der Waals surface area contributed by atoms with Gasteiger partial charge in [0.05, 0.1) is 12.1 Å². The first-order valence-electron chi connectivity index (χ1n) is 8.00. The van der Waals surface area contributed by atoms with Crippen LogP contribution in [0.2, 0.25) is 0 Å². The zero-order valence-corrected chi connectivity index (χ0v) is 14.7. The first kappa shape index (κ1) is 17.7. The molecule has 132 valence electrons. The fraction of sp³-hybridized carbons (Fsp3) is 0.100. The molecule has 0 saturated carbocycles. The number of thiophene rings is 1. The summed E-state index contributed by atoms with van der Waals surface area (Å²) in [6.45, 7) is 0.0996. The highest BCUT2D eigenvalue weighted by Crippen LogP contribution is 2.22. The average Bonchev–Trinajstić information content (AvgIpc) is 3.19. The highest BCUT2D eigenvalue weighted by molar-refractivity contribution is 7.09. The molecule has 0 fully saturated rings. The summed E-state index contributed by atoms with van der Waals surface area (Å²) in [6, 6.07) is 19.7. The highest BCUT2D eigenvalue weighted by Gasteiger charge is 2.11. The number of benzene rings is 2. The highest BCUT2D eigenvalue weighted by atomic mass is 32.1. The van der Waals surface area contributed by atoms with Gasteiger partial charge in [-0.15, -0.1) is 11.3 Å². The van der Waals surface area contributed by atoms with Gasteiger partial charge < -0.3 is 14.8 Å². The molecule has 1 aromatic heterocycles. The molecule has 1 N–H and O–H groups in total. The van der Waals surface area contributed by atoms with Gasteiger partial charge in [-0.2, -0.15) is 0 Å². The zero-order valence-electron chi connectivity index (χ0n) is 13.9. The third kappa shape index (κ3) is 5.19. The minimum atomic E-state index is -0.574. The lowest BCUT2D eigenvalue weighted by Crippen LogP contribution is -2.28. The Hall–Kier alpha value is -3.12. The lowest BCUT2D eigenvalue weighted by Gasteiger charge is -2.08. The lowest BCUT2D eigenvalue weighted by atomic mass is 10.2. The van der Waals surface area contributed by atoms with Gasteiger partial charge in [-0.25, -0.2) is 4.79 Å². The molecule has 5 nitrogen and oxygen atoms in total. The Morgan fingerprint density at radius 1 is 0.923 bits per heavy atom. The molecule has 0 unspecified atom stereocenters. The number of ether oxygens (including phenoxy) is 2. The Labute approximate surface area is 155 Å². The van der Waals surface area contributed by atoms with Gasteiger partial charge in [-0.3, -0.25) is 4.79 Å². The van der Waals surface area contributed by atoms with E-state index < -0.39 is 5.97 Å². The topological polar surface area (TPSA) is 64.6 Å². The number of esters is 1. The second-order valence-electron chi connectivity index (χ2n) is 5.38. The van der Waals surface area contributed by atoms with E-state index in [4.69, 9.17) is 9.47 Å². The number of para-hydroxylation sites is 1. The van der Waals surface area contributed by atoms with Gasteiger partial charge in [0.15, 0.2) is 6.61 Å². The Bertz CT molecular complexity index is 863. The minimum Gasteiger partial charge on any atom is -0.457 e. The van der Waals surface area contributed by atoms with Crippen LogP contribution >= 0.6 is 11.3 Å².